The number of hydrogen-bond donors (Lipinski definition) is 8. The Morgan fingerprint density at radius 3 is 0.974 bits per heavy atom. The Hall–Kier alpha value is -0.210. The van der Waals surface area contributed by atoms with E-state index < -0.39 is 7.82 Å². The molecular formula is C26H61N2O10P. The largest absolute Gasteiger partial charge is 0.469 e. The molecule has 0 heterocycles. The van der Waals surface area contributed by atoms with E-state index in [1.165, 1.54) is 57.8 Å². The first-order valence-electron chi connectivity index (χ1n) is 14.6. The van der Waals surface area contributed by atoms with E-state index in [1.54, 1.807) is 9.80 Å². The molecule has 0 aromatic heterocycles. The van der Waals surface area contributed by atoms with Crippen LogP contribution in [-0.2, 0) is 9.09 Å². The van der Waals surface area contributed by atoms with Gasteiger partial charge in [-0.15, -0.1) is 0 Å². The Morgan fingerprint density at radius 1 is 0.487 bits per heavy atom. The zero-order valence-electron chi connectivity index (χ0n) is 24.4. The average molecular weight is 593 g/mol. The molecule has 0 aromatic rings. The van der Waals surface area contributed by atoms with E-state index in [0.29, 0.717) is 39.3 Å². The normalized spacial score (nSPS) is 11.4. The van der Waals surface area contributed by atoms with Crippen LogP contribution in [0.15, 0.2) is 0 Å². The molecule has 8 N–H and O–H groups in total. The fourth-order valence-electron chi connectivity index (χ4n) is 3.65. The molecule has 0 aliphatic carbocycles. The third-order valence-corrected chi connectivity index (χ3v) is 6.27. The van der Waals surface area contributed by atoms with Crippen molar-refractivity contribution in [2.45, 2.75) is 84.0 Å². The van der Waals surface area contributed by atoms with Gasteiger partial charge >= 0.3 is 7.82 Å². The van der Waals surface area contributed by atoms with Gasteiger partial charge in [-0.1, -0.05) is 77.6 Å². The predicted octanol–water partition coefficient (Wildman–Crippen LogP) is 1.33. The molecule has 0 aliphatic heterocycles. The number of unbranched alkanes of at least 4 members (excludes halogenated alkanes) is 11. The SMILES string of the molecule is CCCCCCCCCCCCCCOP(=O)(O)O.OCCN(CCO)CCO.OCCN(CCO)CCO. The monoisotopic (exact) mass is 592 g/mol. The Labute approximate surface area is 236 Å². The van der Waals surface area contributed by atoms with Gasteiger partial charge < -0.3 is 40.4 Å². The van der Waals surface area contributed by atoms with Crippen LogP contribution in [0.2, 0.25) is 0 Å². The molecule has 0 radical (unpaired) electrons. The second-order valence-electron chi connectivity index (χ2n) is 9.24. The van der Waals surface area contributed by atoms with Crippen molar-refractivity contribution in [3.05, 3.63) is 0 Å². The molecule has 0 aliphatic rings. The van der Waals surface area contributed by atoms with Gasteiger partial charge in [0.1, 0.15) is 0 Å². The third kappa shape index (κ3) is 42.4. The van der Waals surface area contributed by atoms with Crippen molar-refractivity contribution >= 4 is 7.82 Å². The van der Waals surface area contributed by atoms with Gasteiger partial charge in [-0.25, -0.2) is 4.57 Å². The number of rotatable bonds is 26. The van der Waals surface area contributed by atoms with Crippen molar-refractivity contribution in [2.75, 3.05) is 85.5 Å². The minimum Gasteiger partial charge on any atom is -0.395 e. The highest BCUT2D eigenvalue weighted by Gasteiger charge is 2.12. The van der Waals surface area contributed by atoms with E-state index in [9.17, 15) is 4.57 Å². The molecule has 0 amide bonds. The van der Waals surface area contributed by atoms with Crippen LogP contribution in [0.1, 0.15) is 84.0 Å². The van der Waals surface area contributed by atoms with E-state index in [2.05, 4.69) is 11.4 Å². The fourth-order valence-corrected chi connectivity index (χ4v) is 4.01. The van der Waals surface area contributed by atoms with Crippen molar-refractivity contribution < 1.29 is 49.5 Å². The summed E-state index contributed by atoms with van der Waals surface area (Å²) in [5.74, 6) is 0. The van der Waals surface area contributed by atoms with Crippen molar-refractivity contribution in [1.82, 2.24) is 9.80 Å². The van der Waals surface area contributed by atoms with E-state index in [4.69, 9.17) is 40.4 Å². The van der Waals surface area contributed by atoms with Gasteiger partial charge in [0.05, 0.1) is 46.2 Å². The van der Waals surface area contributed by atoms with Gasteiger partial charge in [0, 0.05) is 39.3 Å². The maximum absolute atomic E-state index is 10.4. The van der Waals surface area contributed by atoms with Gasteiger partial charge in [0.2, 0.25) is 0 Å². The topological polar surface area (TPSA) is 195 Å². The predicted molar refractivity (Wildman–Crippen MR) is 154 cm³/mol. The summed E-state index contributed by atoms with van der Waals surface area (Å²) in [5.41, 5.74) is 0. The Bertz CT molecular complexity index is 443. The van der Waals surface area contributed by atoms with E-state index in [1.807, 2.05) is 0 Å². The summed E-state index contributed by atoms with van der Waals surface area (Å²) in [6, 6.07) is 0. The standard InChI is InChI=1S/C14H31O4P.2C6H15NO3/c1-2-3-4-5-6-7-8-9-10-11-12-13-14-18-19(15,16)17;2*8-4-1-7(2-5-9)3-6-10/h2-14H2,1H3,(H2,15,16,17);2*8-10H,1-6H2. The van der Waals surface area contributed by atoms with Gasteiger partial charge in [0.15, 0.2) is 0 Å². The molecule has 12 nitrogen and oxygen atoms in total. The van der Waals surface area contributed by atoms with Crippen LogP contribution in [0.4, 0.5) is 0 Å². The smallest absolute Gasteiger partial charge is 0.395 e. The molecule has 39 heavy (non-hydrogen) atoms. The van der Waals surface area contributed by atoms with Crippen molar-refractivity contribution in [2.24, 2.45) is 0 Å². The quantitative estimate of drug-likeness (QED) is 0.0531. The first kappa shape index (κ1) is 43.2. The molecule has 0 rings (SSSR count). The fraction of sp³-hybridized carbons (Fsp3) is 1.00. The maximum Gasteiger partial charge on any atom is 0.469 e. The van der Waals surface area contributed by atoms with Crippen LogP contribution in [0.5, 0.6) is 0 Å². The second-order valence-corrected chi connectivity index (χ2v) is 10.5. The Balaban J connectivity index is -0.000000547. The lowest BCUT2D eigenvalue weighted by atomic mass is 10.1. The lowest BCUT2D eigenvalue weighted by Gasteiger charge is -2.17. The molecule has 0 aromatic carbocycles. The van der Waals surface area contributed by atoms with Crippen molar-refractivity contribution in [1.29, 1.82) is 0 Å². The molecule has 13 heteroatoms. The molecule has 0 saturated carbocycles. The number of phosphoric acid groups is 1. The summed E-state index contributed by atoms with van der Waals surface area (Å²) in [6.07, 6.45) is 14.9. The number of phosphoric ester groups is 1. The van der Waals surface area contributed by atoms with E-state index in [0.717, 1.165) is 19.3 Å². The molecule has 0 saturated heterocycles. The van der Waals surface area contributed by atoms with Crippen LogP contribution in [-0.4, -0.2) is 136 Å². The lowest BCUT2D eigenvalue weighted by Crippen LogP contribution is -2.32. The summed E-state index contributed by atoms with van der Waals surface area (Å²) >= 11 is 0. The molecule has 0 atom stereocenters. The van der Waals surface area contributed by atoms with Crippen LogP contribution in [0, 0.1) is 0 Å². The highest BCUT2D eigenvalue weighted by molar-refractivity contribution is 7.46. The van der Waals surface area contributed by atoms with Gasteiger partial charge in [-0.2, -0.15) is 0 Å². The minimum absolute atomic E-state index is 0.0694. The van der Waals surface area contributed by atoms with Gasteiger partial charge in [-0.05, 0) is 6.42 Å². The zero-order valence-corrected chi connectivity index (χ0v) is 25.3. The zero-order chi connectivity index (χ0) is 30.0. The molecule has 0 spiro atoms. The molecule has 0 fully saturated rings. The number of nitrogens with zero attached hydrogens (tertiary/aromatic N) is 2. The van der Waals surface area contributed by atoms with Crippen LogP contribution in [0.25, 0.3) is 0 Å². The summed E-state index contributed by atoms with van der Waals surface area (Å²) in [7, 11) is -4.25. The molecule has 0 bridgehead atoms. The third-order valence-electron chi connectivity index (χ3n) is 5.75. The van der Waals surface area contributed by atoms with Crippen LogP contribution < -0.4 is 0 Å². The highest BCUT2D eigenvalue weighted by atomic mass is 31.2. The highest BCUT2D eigenvalue weighted by Crippen LogP contribution is 2.35. The summed E-state index contributed by atoms with van der Waals surface area (Å²) in [4.78, 5) is 20.6. The summed E-state index contributed by atoms with van der Waals surface area (Å²) in [5, 5.41) is 50.9. The molecule has 240 valence electrons. The van der Waals surface area contributed by atoms with Crippen LogP contribution >= 0.6 is 7.82 Å². The number of aliphatic hydroxyl groups excluding tert-OH is 6. The Morgan fingerprint density at radius 2 is 0.744 bits per heavy atom. The number of aliphatic hydroxyl groups is 6. The van der Waals surface area contributed by atoms with Gasteiger partial charge in [0.25, 0.3) is 0 Å². The maximum atomic E-state index is 10.4. The summed E-state index contributed by atoms with van der Waals surface area (Å²) < 4.78 is 14.8. The average Bonchev–Trinajstić information content (AvgIpc) is 2.88. The first-order valence-corrected chi connectivity index (χ1v) is 16.1. The first-order chi connectivity index (χ1) is 18.8. The van der Waals surface area contributed by atoms with Crippen molar-refractivity contribution in [3.63, 3.8) is 0 Å². The van der Waals surface area contributed by atoms with E-state index >= 15 is 0 Å². The Kier molecular flexibility index (Phi) is 39.7. The summed E-state index contributed by atoms with van der Waals surface area (Å²) in [6.45, 7) is 5.92. The van der Waals surface area contributed by atoms with Gasteiger partial charge in [-0.3, -0.25) is 14.3 Å². The minimum atomic E-state index is -4.25. The van der Waals surface area contributed by atoms with Crippen LogP contribution in [0.3, 0.4) is 0 Å². The lowest BCUT2D eigenvalue weighted by molar-refractivity contribution is 0.136. The second kappa shape index (κ2) is 35.8. The molecular weight excluding hydrogens is 531 g/mol. The van der Waals surface area contributed by atoms with E-state index in [-0.39, 0.29) is 46.2 Å². The van der Waals surface area contributed by atoms with Crippen molar-refractivity contribution in [3.8, 4) is 0 Å². The number of hydrogen-bond acceptors (Lipinski definition) is 10. The molecule has 0 unspecified atom stereocenters.